The van der Waals surface area contributed by atoms with E-state index in [1.807, 2.05) is 0 Å². The molecule has 0 bridgehead atoms. The van der Waals surface area contributed by atoms with E-state index in [1.54, 1.807) is 0 Å². The highest BCUT2D eigenvalue weighted by Gasteiger charge is 2.26. The highest BCUT2D eigenvalue weighted by molar-refractivity contribution is 5.78. The van der Waals surface area contributed by atoms with Gasteiger partial charge in [-0.25, -0.2) is 0 Å². The Bertz CT molecular complexity index is 326. The smallest absolute Gasteiger partial charge is 0.234 e. The SMILES string of the molecule is CCC(C)(C)NC(=O)CN1CCCC(CNC2CC2)C1. The van der Waals surface area contributed by atoms with E-state index in [2.05, 4.69) is 36.3 Å². The number of rotatable bonds is 7. The monoisotopic (exact) mass is 281 g/mol. The molecule has 0 aromatic carbocycles. The third-order valence-electron chi connectivity index (χ3n) is 4.60. The summed E-state index contributed by atoms with van der Waals surface area (Å²) in [6.45, 7) is 10.1. The van der Waals surface area contributed by atoms with Gasteiger partial charge >= 0.3 is 0 Å². The molecule has 0 aromatic rings. The fraction of sp³-hybridized carbons (Fsp3) is 0.938. The largest absolute Gasteiger partial charge is 0.350 e. The van der Waals surface area contributed by atoms with Gasteiger partial charge in [-0.15, -0.1) is 0 Å². The Labute approximate surface area is 123 Å². The van der Waals surface area contributed by atoms with Crippen LogP contribution < -0.4 is 10.6 Å². The Balaban J connectivity index is 1.69. The number of carbonyl (C=O) groups is 1. The van der Waals surface area contributed by atoms with Crippen LogP contribution in [0.5, 0.6) is 0 Å². The minimum Gasteiger partial charge on any atom is -0.350 e. The molecule has 1 atom stereocenters. The first kappa shape index (κ1) is 15.8. The van der Waals surface area contributed by atoms with Crippen molar-refractivity contribution in [2.45, 2.75) is 64.5 Å². The van der Waals surface area contributed by atoms with Crippen molar-refractivity contribution < 1.29 is 4.79 Å². The number of amides is 1. The molecule has 0 aromatic heterocycles. The second-order valence-electron chi connectivity index (χ2n) is 7.21. The second-order valence-corrected chi connectivity index (χ2v) is 7.21. The summed E-state index contributed by atoms with van der Waals surface area (Å²) in [5, 5.41) is 6.75. The van der Waals surface area contributed by atoms with Gasteiger partial charge in [0.25, 0.3) is 0 Å². The number of hydrogen-bond donors (Lipinski definition) is 2. The van der Waals surface area contributed by atoms with E-state index in [0.29, 0.717) is 6.54 Å². The van der Waals surface area contributed by atoms with Gasteiger partial charge in [0.2, 0.25) is 5.91 Å². The average molecular weight is 281 g/mol. The molecule has 1 unspecified atom stereocenters. The van der Waals surface area contributed by atoms with Gasteiger partial charge in [0.05, 0.1) is 6.54 Å². The number of nitrogens with one attached hydrogen (secondary N) is 2. The molecule has 2 fully saturated rings. The molecule has 1 aliphatic carbocycles. The maximum atomic E-state index is 12.1. The first-order chi connectivity index (χ1) is 9.48. The van der Waals surface area contributed by atoms with Crippen LogP contribution in [0.3, 0.4) is 0 Å². The van der Waals surface area contributed by atoms with E-state index >= 15 is 0 Å². The molecule has 0 radical (unpaired) electrons. The summed E-state index contributed by atoms with van der Waals surface area (Å²) in [5.41, 5.74) is -0.0835. The van der Waals surface area contributed by atoms with E-state index in [9.17, 15) is 4.79 Å². The molecule has 1 amide bonds. The molecule has 20 heavy (non-hydrogen) atoms. The number of nitrogens with zero attached hydrogens (tertiary/aromatic N) is 1. The van der Waals surface area contributed by atoms with Crippen molar-refractivity contribution in [3.63, 3.8) is 0 Å². The molecule has 1 aliphatic heterocycles. The zero-order chi connectivity index (χ0) is 14.6. The fourth-order valence-corrected chi connectivity index (χ4v) is 2.79. The molecule has 1 saturated heterocycles. The van der Waals surface area contributed by atoms with Crippen LogP contribution in [0.25, 0.3) is 0 Å². The predicted octanol–water partition coefficient (Wildman–Crippen LogP) is 1.76. The Kier molecular flexibility index (Phi) is 5.44. The van der Waals surface area contributed by atoms with Crippen LogP contribution in [0.4, 0.5) is 0 Å². The molecule has 4 heteroatoms. The number of piperidine rings is 1. The summed E-state index contributed by atoms with van der Waals surface area (Å²) in [6, 6.07) is 0.791. The Morgan fingerprint density at radius 1 is 1.30 bits per heavy atom. The van der Waals surface area contributed by atoms with Gasteiger partial charge in [0, 0.05) is 18.1 Å². The van der Waals surface area contributed by atoms with E-state index in [1.165, 1.54) is 25.7 Å². The first-order valence-corrected chi connectivity index (χ1v) is 8.25. The van der Waals surface area contributed by atoms with Crippen molar-refractivity contribution in [3.8, 4) is 0 Å². The third kappa shape index (κ3) is 5.41. The lowest BCUT2D eigenvalue weighted by atomic mass is 9.97. The number of carbonyl (C=O) groups excluding carboxylic acids is 1. The highest BCUT2D eigenvalue weighted by Crippen LogP contribution is 2.21. The Hall–Kier alpha value is -0.610. The van der Waals surface area contributed by atoms with Gasteiger partial charge in [-0.05, 0) is 65.0 Å². The van der Waals surface area contributed by atoms with Crippen molar-refractivity contribution >= 4 is 5.91 Å². The third-order valence-corrected chi connectivity index (χ3v) is 4.60. The van der Waals surface area contributed by atoms with Gasteiger partial charge < -0.3 is 10.6 Å². The van der Waals surface area contributed by atoms with Crippen molar-refractivity contribution in [2.75, 3.05) is 26.2 Å². The van der Waals surface area contributed by atoms with Gasteiger partial charge in [-0.2, -0.15) is 0 Å². The maximum Gasteiger partial charge on any atom is 0.234 e. The lowest BCUT2D eigenvalue weighted by Crippen LogP contribution is -2.49. The zero-order valence-electron chi connectivity index (χ0n) is 13.4. The van der Waals surface area contributed by atoms with E-state index in [-0.39, 0.29) is 11.4 Å². The van der Waals surface area contributed by atoms with Crippen molar-refractivity contribution in [1.29, 1.82) is 0 Å². The van der Waals surface area contributed by atoms with Crippen LogP contribution in [-0.2, 0) is 4.79 Å². The van der Waals surface area contributed by atoms with Crippen LogP contribution in [-0.4, -0.2) is 48.6 Å². The molecule has 1 heterocycles. The van der Waals surface area contributed by atoms with E-state index in [0.717, 1.165) is 38.0 Å². The van der Waals surface area contributed by atoms with Gasteiger partial charge in [-0.1, -0.05) is 6.92 Å². The topological polar surface area (TPSA) is 44.4 Å². The van der Waals surface area contributed by atoms with Crippen LogP contribution in [0.15, 0.2) is 0 Å². The summed E-state index contributed by atoms with van der Waals surface area (Å²) < 4.78 is 0. The van der Waals surface area contributed by atoms with Crippen molar-refractivity contribution in [1.82, 2.24) is 15.5 Å². The Morgan fingerprint density at radius 3 is 2.70 bits per heavy atom. The normalized spacial score (nSPS) is 24.6. The highest BCUT2D eigenvalue weighted by atomic mass is 16.2. The van der Waals surface area contributed by atoms with Crippen LogP contribution >= 0.6 is 0 Å². The molecule has 0 spiro atoms. The quantitative estimate of drug-likeness (QED) is 0.747. The number of likely N-dealkylation sites (tertiary alicyclic amines) is 1. The van der Waals surface area contributed by atoms with Crippen LogP contribution in [0, 0.1) is 5.92 Å². The van der Waals surface area contributed by atoms with Crippen LogP contribution in [0.2, 0.25) is 0 Å². The first-order valence-electron chi connectivity index (χ1n) is 8.25. The standard InChI is InChI=1S/C16H31N3O/c1-4-16(2,3)18-15(20)12-19-9-5-6-13(11-19)10-17-14-7-8-14/h13-14,17H,4-12H2,1-3H3,(H,18,20). The summed E-state index contributed by atoms with van der Waals surface area (Å²) in [5.74, 6) is 0.893. The predicted molar refractivity (Wildman–Crippen MR) is 82.7 cm³/mol. The molecule has 2 rings (SSSR count). The fourth-order valence-electron chi connectivity index (χ4n) is 2.79. The lowest BCUT2D eigenvalue weighted by molar-refractivity contribution is -0.124. The molecule has 1 saturated carbocycles. The van der Waals surface area contributed by atoms with Crippen LogP contribution in [0.1, 0.15) is 52.9 Å². The summed E-state index contributed by atoms with van der Waals surface area (Å²) >= 11 is 0. The second kappa shape index (κ2) is 6.90. The molecule has 2 aliphatic rings. The molecular formula is C16H31N3O. The van der Waals surface area contributed by atoms with Crippen molar-refractivity contribution in [3.05, 3.63) is 0 Å². The maximum absolute atomic E-state index is 12.1. The average Bonchev–Trinajstić information content (AvgIpc) is 3.20. The summed E-state index contributed by atoms with van der Waals surface area (Å²) in [4.78, 5) is 14.4. The minimum absolute atomic E-state index is 0.0835. The van der Waals surface area contributed by atoms with Gasteiger partial charge in [0.1, 0.15) is 0 Å². The lowest BCUT2D eigenvalue weighted by Gasteiger charge is -2.33. The minimum atomic E-state index is -0.0835. The van der Waals surface area contributed by atoms with Gasteiger partial charge in [0.15, 0.2) is 0 Å². The Morgan fingerprint density at radius 2 is 2.05 bits per heavy atom. The number of hydrogen-bond acceptors (Lipinski definition) is 3. The van der Waals surface area contributed by atoms with E-state index < -0.39 is 0 Å². The summed E-state index contributed by atoms with van der Waals surface area (Å²) in [6.07, 6.45) is 6.20. The molecule has 116 valence electrons. The molecule has 2 N–H and O–H groups in total. The zero-order valence-corrected chi connectivity index (χ0v) is 13.4. The molecule has 4 nitrogen and oxygen atoms in total. The van der Waals surface area contributed by atoms with Crippen molar-refractivity contribution in [2.24, 2.45) is 5.92 Å². The van der Waals surface area contributed by atoms with E-state index in [4.69, 9.17) is 0 Å². The van der Waals surface area contributed by atoms with Gasteiger partial charge in [-0.3, -0.25) is 9.69 Å². The molecular weight excluding hydrogens is 250 g/mol. The summed E-state index contributed by atoms with van der Waals surface area (Å²) in [7, 11) is 0.